The molecular formula is C14H20N2O. The van der Waals surface area contributed by atoms with Crippen molar-refractivity contribution >= 4 is 16.8 Å². The van der Waals surface area contributed by atoms with Crippen LogP contribution in [0.15, 0.2) is 29.0 Å². The van der Waals surface area contributed by atoms with Gasteiger partial charge in [-0.15, -0.1) is 0 Å². The summed E-state index contributed by atoms with van der Waals surface area (Å²) in [5, 5.41) is 4.47. The van der Waals surface area contributed by atoms with Gasteiger partial charge in [0.25, 0.3) is 0 Å². The summed E-state index contributed by atoms with van der Waals surface area (Å²) in [5.41, 5.74) is 1.12. The van der Waals surface area contributed by atoms with Crippen LogP contribution >= 0.6 is 0 Å². The fraction of sp³-hybridized carbons (Fsp3) is 0.500. The largest absolute Gasteiger partial charge is 0.464 e. The molecule has 0 aliphatic heterocycles. The van der Waals surface area contributed by atoms with Gasteiger partial charge >= 0.3 is 0 Å². The van der Waals surface area contributed by atoms with Gasteiger partial charge in [-0.05, 0) is 23.5 Å². The topological polar surface area (TPSA) is 38.1 Å². The van der Waals surface area contributed by atoms with E-state index in [9.17, 15) is 0 Å². The summed E-state index contributed by atoms with van der Waals surface area (Å²) in [6.45, 7) is 9.92. The Morgan fingerprint density at radius 3 is 2.82 bits per heavy atom. The number of nitrogens with one attached hydrogen (secondary N) is 1. The number of rotatable bonds is 4. The van der Waals surface area contributed by atoms with Crippen molar-refractivity contribution in [2.45, 2.75) is 27.7 Å². The minimum atomic E-state index is 0.244. The van der Waals surface area contributed by atoms with E-state index in [0.717, 1.165) is 23.3 Å². The Hall–Kier alpha value is -1.51. The molecule has 2 rings (SSSR count). The monoisotopic (exact) mass is 232 g/mol. The Morgan fingerprint density at radius 2 is 2.12 bits per heavy atom. The van der Waals surface area contributed by atoms with Crippen LogP contribution < -0.4 is 5.32 Å². The van der Waals surface area contributed by atoms with Gasteiger partial charge in [0, 0.05) is 12.7 Å². The van der Waals surface area contributed by atoms with Crippen LogP contribution in [0.5, 0.6) is 0 Å². The Kier molecular flexibility index (Phi) is 3.09. The Bertz CT molecular complexity index is 500. The first-order valence-electron chi connectivity index (χ1n) is 6.07. The summed E-state index contributed by atoms with van der Waals surface area (Å²) in [7, 11) is 0. The third-order valence-corrected chi connectivity index (χ3v) is 3.65. The highest BCUT2D eigenvalue weighted by Gasteiger charge is 2.22. The predicted molar refractivity (Wildman–Crippen MR) is 71.1 cm³/mol. The van der Waals surface area contributed by atoms with Gasteiger partial charge in [-0.25, -0.2) is 4.98 Å². The maximum atomic E-state index is 5.36. The number of fused-ring (bicyclic) bond motifs is 1. The lowest BCUT2D eigenvalue weighted by molar-refractivity contribution is 0.269. The van der Waals surface area contributed by atoms with Gasteiger partial charge in [-0.1, -0.05) is 27.7 Å². The molecule has 3 nitrogen and oxygen atoms in total. The number of furan rings is 1. The van der Waals surface area contributed by atoms with Crippen molar-refractivity contribution < 1.29 is 4.42 Å². The predicted octanol–water partition coefficient (Wildman–Crippen LogP) is 3.92. The van der Waals surface area contributed by atoms with Crippen molar-refractivity contribution in [3.05, 3.63) is 24.6 Å². The van der Waals surface area contributed by atoms with Crippen LogP contribution in [-0.4, -0.2) is 11.5 Å². The molecule has 17 heavy (non-hydrogen) atoms. The summed E-state index contributed by atoms with van der Waals surface area (Å²) >= 11 is 0. The zero-order chi connectivity index (χ0) is 12.5. The van der Waals surface area contributed by atoms with Crippen molar-refractivity contribution in [1.29, 1.82) is 0 Å². The molecule has 0 amide bonds. The van der Waals surface area contributed by atoms with Crippen molar-refractivity contribution in [2.24, 2.45) is 11.3 Å². The molecule has 2 aromatic rings. The molecule has 2 aromatic heterocycles. The first-order valence-corrected chi connectivity index (χ1v) is 6.07. The summed E-state index contributed by atoms with van der Waals surface area (Å²) in [6.07, 6.45) is 3.47. The first kappa shape index (κ1) is 12.0. The second-order valence-corrected chi connectivity index (χ2v) is 5.49. The normalized spacial score (nSPS) is 12.3. The van der Waals surface area contributed by atoms with E-state index in [1.807, 2.05) is 12.1 Å². The summed E-state index contributed by atoms with van der Waals surface area (Å²) in [4.78, 5) is 4.37. The molecule has 0 atom stereocenters. The summed E-state index contributed by atoms with van der Waals surface area (Å²) in [6, 6.07) is 3.83. The number of pyridine rings is 1. The Balaban J connectivity index is 2.17. The third-order valence-electron chi connectivity index (χ3n) is 3.65. The van der Waals surface area contributed by atoms with E-state index in [-0.39, 0.29) is 5.41 Å². The highest BCUT2D eigenvalue weighted by atomic mass is 16.3. The number of nitrogens with zero attached hydrogens (tertiary/aromatic N) is 1. The van der Waals surface area contributed by atoms with Gasteiger partial charge in [0.15, 0.2) is 0 Å². The van der Waals surface area contributed by atoms with E-state index in [0.29, 0.717) is 5.92 Å². The van der Waals surface area contributed by atoms with Crippen LogP contribution in [0.4, 0.5) is 5.82 Å². The summed E-state index contributed by atoms with van der Waals surface area (Å²) in [5.74, 6) is 1.53. The molecule has 0 aliphatic carbocycles. The van der Waals surface area contributed by atoms with Gasteiger partial charge < -0.3 is 9.73 Å². The van der Waals surface area contributed by atoms with E-state index in [1.165, 1.54) is 0 Å². The SMILES string of the molecule is CC(C)C(C)(C)CNc1nccc2occc12. The first-order chi connectivity index (χ1) is 8.00. The van der Waals surface area contributed by atoms with Gasteiger partial charge in [-0.3, -0.25) is 0 Å². The fourth-order valence-electron chi connectivity index (χ4n) is 1.55. The maximum Gasteiger partial charge on any atom is 0.139 e. The molecule has 0 aromatic carbocycles. The molecule has 0 saturated carbocycles. The molecule has 0 bridgehead atoms. The van der Waals surface area contributed by atoms with Crippen LogP contribution in [0.25, 0.3) is 11.0 Å². The molecular weight excluding hydrogens is 212 g/mol. The van der Waals surface area contributed by atoms with E-state index in [2.05, 4.69) is 38.0 Å². The minimum absolute atomic E-state index is 0.244. The smallest absolute Gasteiger partial charge is 0.139 e. The van der Waals surface area contributed by atoms with Crippen molar-refractivity contribution in [2.75, 3.05) is 11.9 Å². The average Bonchev–Trinajstić information content (AvgIpc) is 2.74. The molecule has 92 valence electrons. The van der Waals surface area contributed by atoms with Crippen LogP contribution in [0.3, 0.4) is 0 Å². The molecule has 0 spiro atoms. The molecule has 3 heteroatoms. The second-order valence-electron chi connectivity index (χ2n) is 5.49. The molecule has 2 heterocycles. The van der Waals surface area contributed by atoms with Gasteiger partial charge in [0.2, 0.25) is 0 Å². The molecule has 0 unspecified atom stereocenters. The molecule has 0 saturated heterocycles. The molecule has 0 aliphatic rings. The highest BCUT2D eigenvalue weighted by Crippen LogP contribution is 2.28. The van der Waals surface area contributed by atoms with Crippen LogP contribution in [-0.2, 0) is 0 Å². The minimum Gasteiger partial charge on any atom is -0.464 e. The van der Waals surface area contributed by atoms with Crippen LogP contribution in [0.1, 0.15) is 27.7 Å². The maximum absolute atomic E-state index is 5.36. The zero-order valence-corrected chi connectivity index (χ0v) is 10.9. The number of anilines is 1. The van der Waals surface area contributed by atoms with E-state index in [1.54, 1.807) is 12.5 Å². The van der Waals surface area contributed by atoms with Crippen LogP contribution in [0.2, 0.25) is 0 Å². The number of hydrogen-bond donors (Lipinski definition) is 1. The number of hydrogen-bond acceptors (Lipinski definition) is 3. The van der Waals surface area contributed by atoms with Gasteiger partial charge in [0.1, 0.15) is 11.4 Å². The molecule has 0 radical (unpaired) electrons. The average molecular weight is 232 g/mol. The highest BCUT2D eigenvalue weighted by molar-refractivity contribution is 5.87. The lowest BCUT2D eigenvalue weighted by Crippen LogP contribution is -2.28. The van der Waals surface area contributed by atoms with Crippen molar-refractivity contribution in [3.63, 3.8) is 0 Å². The second kappa shape index (κ2) is 4.40. The van der Waals surface area contributed by atoms with Gasteiger partial charge in [0.05, 0.1) is 11.6 Å². The van der Waals surface area contributed by atoms with Crippen molar-refractivity contribution in [1.82, 2.24) is 4.98 Å². The fourth-order valence-corrected chi connectivity index (χ4v) is 1.55. The zero-order valence-electron chi connectivity index (χ0n) is 10.9. The van der Waals surface area contributed by atoms with Crippen molar-refractivity contribution in [3.8, 4) is 0 Å². The third kappa shape index (κ3) is 2.43. The van der Waals surface area contributed by atoms with E-state index >= 15 is 0 Å². The lowest BCUT2D eigenvalue weighted by atomic mass is 9.81. The van der Waals surface area contributed by atoms with E-state index < -0.39 is 0 Å². The quantitative estimate of drug-likeness (QED) is 0.868. The van der Waals surface area contributed by atoms with Gasteiger partial charge in [-0.2, -0.15) is 0 Å². The number of aromatic nitrogens is 1. The lowest BCUT2D eigenvalue weighted by Gasteiger charge is -2.29. The molecule has 1 N–H and O–H groups in total. The van der Waals surface area contributed by atoms with Crippen LogP contribution in [0, 0.1) is 11.3 Å². The summed E-state index contributed by atoms with van der Waals surface area (Å²) < 4.78 is 5.36. The Morgan fingerprint density at radius 1 is 1.35 bits per heavy atom. The Labute approximate surface area is 102 Å². The standard InChI is InChI=1S/C14H20N2O/c1-10(2)14(3,4)9-16-13-11-6-8-17-12(11)5-7-15-13/h5-8,10H,9H2,1-4H3,(H,15,16). The molecule has 0 fully saturated rings. The van der Waals surface area contributed by atoms with E-state index in [4.69, 9.17) is 4.42 Å².